The summed E-state index contributed by atoms with van der Waals surface area (Å²) >= 11 is 3.24. The number of halogens is 1. The number of carbonyl (C=O) groups is 1. The maximum absolute atomic E-state index is 11.4. The molecular formula is C16H17BrO5. The number of carbonyl (C=O) groups excluding carboxylic acids is 1. The molecule has 0 fully saturated rings. The highest BCUT2D eigenvalue weighted by atomic mass is 79.9. The van der Waals surface area contributed by atoms with Crippen LogP contribution in [-0.2, 0) is 23.7 Å². The molecule has 0 aromatic heterocycles. The molecule has 2 rings (SSSR count). The summed E-state index contributed by atoms with van der Waals surface area (Å²) in [7, 11) is 0. The first-order chi connectivity index (χ1) is 10.7. The molecule has 1 aliphatic carbocycles. The Morgan fingerprint density at radius 2 is 2.27 bits per heavy atom. The fourth-order valence-corrected chi connectivity index (χ4v) is 2.10. The van der Waals surface area contributed by atoms with Crippen LogP contribution in [0.4, 0.5) is 0 Å². The van der Waals surface area contributed by atoms with Gasteiger partial charge in [0.05, 0.1) is 18.0 Å². The van der Waals surface area contributed by atoms with Crippen molar-refractivity contribution in [3.63, 3.8) is 0 Å². The molecule has 0 saturated carbocycles. The Labute approximate surface area is 137 Å². The van der Waals surface area contributed by atoms with E-state index in [0.717, 1.165) is 18.4 Å². The van der Waals surface area contributed by atoms with Gasteiger partial charge in [-0.1, -0.05) is 34.2 Å². The van der Waals surface area contributed by atoms with E-state index in [-0.39, 0.29) is 5.95 Å². The summed E-state index contributed by atoms with van der Waals surface area (Å²) in [6, 6.07) is 0. The van der Waals surface area contributed by atoms with Gasteiger partial charge in [-0.05, 0) is 25.3 Å². The van der Waals surface area contributed by atoms with Crippen LogP contribution in [0.5, 0.6) is 0 Å². The molecule has 118 valence electrons. The molecule has 0 spiro atoms. The van der Waals surface area contributed by atoms with Gasteiger partial charge in [0.15, 0.2) is 12.0 Å². The highest BCUT2D eigenvalue weighted by molar-refractivity contribution is 9.09. The second-order valence-electron chi connectivity index (χ2n) is 4.41. The van der Waals surface area contributed by atoms with Gasteiger partial charge in [0, 0.05) is 0 Å². The summed E-state index contributed by atoms with van der Waals surface area (Å²) in [4.78, 5) is 11.4. The summed E-state index contributed by atoms with van der Waals surface area (Å²) in [5.41, 5.74) is 1.07. The van der Waals surface area contributed by atoms with Crippen molar-refractivity contribution in [1.82, 2.24) is 0 Å². The SMILES string of the molecule is CCOC(=O)C=C(CBr)OC1=COC(C2=CC=CCC2)=CO1. The Morgan fingerprint density at radius 3 is 2.86 bits per heavy atom. The van der Waals surface area contributed by atoms with Crippen LogP contribution in [0.15, 0.2) is 59.9 Å². The minimum atomic E-state index is -0.468. The standard InChI is InChI=1S/C16H17BrO5/c1-2-19-15(18)8-13(9-17)22-16-11-20-14(10-21-16)12-6-4-3-5-7-12/h3-4,6,8,10-11H,2,5,7,9H2,1H3. The molecule has 0 amide bonds. The summed E-state index contributed by atoms with van der Waals surface area (Å²) in [5, 5.41) is 0.346. The van der Waals surface area contributed by atoms with Crippen LogP contribution in [0.2, 0.25) is 0 Å². The lowest BCUT2D eigenvalue weighted by Crippen LogP contribution is -2.07. The van der Waals surface area contributed by atoms with Gasteiger partial charge in [0.1, 0.15) is 12.0 Å². The van der Waals surface area contributed by atoms with E-state index < -0.39 is 5.97 Å². The van der Waals surface area contributed by atoms with E-state index in [9.17, 15) is 4.79 Å². The Balaban J connectivity index is 1.93. The van der Waals surface area contributed by atoms with Crippen LogP contribution in [0.1, 0.15) is 19.8 Å². The lowest BCUT2D eigenvalue weighted by molar-refractivity contribution is -0.137. The van der Waals surface area contributed by atoms with Crippen molar-refractivity contribution in [3.8, 4) is 0 Å². The third-order valence-corrected chi connectivity index (χ3v) is 3.38. The molecule has 1 heterocycles. The van der Waals surface area contributed by atoms with E-state index in [0.29, 0.717) is 23.5 Å². The highest BCUT2D eigenvalue weighted by Crippen LogP contribution is 2.26. The minimum absolute atomic E-state index is 0.158. The zero-order chi connectivity index (χ0) is 15.8. The van der Waals surface area contributed by atoms with Crippen molar-refractivity contribution in [2.45, 2.75) is 19.8 Å². The average molecular weight is 369 g/mol. The Kier molecular flexibility index (Phi) is 6.33. The van der Waals surface area contributed by atoms with Crippen molar-refractivity contribution >= 4 is 21.9 Å². The molecule has 0 aromatic rings. The number of esters is 1. The fraction of sp³-hybridized carbons (Fsp3) is 0.312. The molecule has 0 unspecified atom stereocenters. The third-order valence-electron chi connectivity index (χ3n) is 2.82. The summed E-state index contributed by atoms with van der Waals surface area (Å²) in [6.07, 6.45) is 12.1. The Bertz CT molecular complexity index is 569. The van der Waals surface area contributed by atoms with Crippen LogP contribution < -0.4 is 0 Å². The molecule has 0 bridgehead atoms. The molecule has 6 heteroatoms. The van der Waals surface area contributed by atoms with Crippen LogP contribution >= 0.6 is 15.9 Å². The second-order valence-corrected chi connectivity index (χ2v) is 4.97. The Morgan fingerprint density at radius 1 is 1.41 bits per heavy atom. The predicted octanol–water partition coefficient (Wildman–Crippen LogP) is 3.81. The van der Waals surface area contributed by atoms with Crippen LogP contribution in [-0.4, -0.2) is 17.9 Å². The smallest absolute Gasteiger partial charge is 0.334 e. The summed E-state index contributed by atoms with van der Waals surface area (Å²) in [6.45, 7) is 2.05. The first-order valence-corrected chi connectivity index (χ1v) is 8.06. The van der Waals surface area contributed by atoms with E-state index in [1.165, 1.54) is 18.6 Å². The van der Waals surface area contributed by atoms with Gasteiger partial charge in [0.25, 0.3) is 0 Å². The summed E-state index contributed by atoms with van der Waals surface area (Å²) < 4.78 is 21.2. The normalized spacial score (nSPS) is 17.5. The molecule has 0 N–H and O–H groups in total. The van der Waals surface area contributed by atoms with Crippen molar-refractivity contribution in [1.29, 1.82) is 0 Å². The molecule has 0 saturated heterocycles. The number of rotatable bonds is 6. The largest absolute Gasteiger partial charge is 0.463 e. The van der Waals surface area contributed by atoms with Gasteiger partial charge in [-0.2, -0.15) is 0 Å². The van der Waals surface area contributed by atoms with Crippen molar-refractivity contribution in [2.24, 2.45) is 0 Å². The van der Waals surface area contributed by atoms with E-state index >= 15 is 0 Å². The third kappa shape index (κ3) is 4.80. The number of hydrogen-bond acceptors (Lipinski definition) is 5. The van der Waals surface area contributed by atoms with Crippen LogP contribution in [0.25, 0.3) is 0 Å². The monoisotopic (exact) mass is 368 g/mol. The molecule has 0 radical (unpaired) electrons. The molecule has 1 aliphatic heterocycles. The number of hydrogen-bond donors (Lipinski definition) is 0. The molecule has 2 aliphatic rings. The zero-order valence-electron chi connectivity index (χ0n) is 12.2. The number of alkyl halides is 1. The van der Waals surface area contributed by atoms with E-state index in [2.05, 4.69) is 22.0 Å². The number of allylic oxidation sites excluding steroid dienone is 5. The number of ether oxygens (including phenoxy) is 4. The van der Waals surface area contributed by atoms with Gasteiger partial charge < -0.3 is 18.9 Å². The van der Waals surface area contributed by atoms with E-state index in [1.54, 1.807) is 6.92 Å². The highest BCUT2D eigenvalue weighted by Gasteiger charge is 2.15. The first kappa shape index (κ1) is 16.4. The van der Waals surface area contributed by atoms with Gasteiger partial charge >= 0.3 is 11.9 Å². The lowest BCUT2D eigenvalue weighted by Gasteiger charge is -2.18. The van der Waals surface area contributed by atoms with Gasteiger partial charge in [-0.15, -0.1) is 0 Å². The van der Waals surface area contributed by atoms with E-state index in [1.807, 2.05) is 12.2 Å². The second kappa shape index (κ2) is 8.48. The molecular weight excluding hydrogens is 352 g/mol. The van der Waals surface area contributed by atoms with Gasteiger partial charge in [-0.3, -0.25) is 0 Å². The maximum Gasteiger partial charge on any atom is 0.334 e. The van der Waals surface area contributed by atoms with Crippen molar-refractivity contribution < 1.29 is 23.7 Å². The molecule has 22 heavy (non-hydrogen) atoms. The quantitative estimate of drug-likeness (QED) is 0.309. The first-order valence-electron chi connectivity index (χ1n) is 6.93. The summed E-state index contributed by atoms with van der Waals surface area (Å²) in [5.74, 6) is 0.715. The average Bonchev–Trinajstić information content (AvgIpc) is 2.56. The topological polar surface area (TPSA) is 54.0 Å². The Hall–Kier alpha value is -1.95. The van der Waals surface area contributed by atoms with Crippen LogP contribution in [0.3, 0.4) is 0 Å². The van der Waals surface area contributed by atoms with Gasteiger partial charge in [0.2, 0.25) is 0 Å². The van der Waals surface area contributed by atoms with Crippen LogP contribution in [0, 0.1) is 0 Å². The zero-order valence-corrected chi connectivity index (χ0v) is 13.8. The maximum atomic E-state index is 11.4. The molecule has 0 atom stereocenters. The predicted molar refractivity (Wildman–Crippen MR) is 84.4 cm³/mol. The van der Waals surface area contributed by atoms with E-state index in [4.69, 9.17) is 18.9 Å². The fourth-order valence-electron chi connectivity index (χ4n) is 1.83. The molecule has 0 aromatic carbocycles. The van der Waals surface area contributed by atoms with Crippen molar-refractivity contribution in [2.75, 3.05) is 11.9 Å². The van der Waals surface area contributed by atoms with Crippen molar-refractivity contribution in [3.05, 3.63) is 59.9 Å². The lowest BCUT2D eigenvalue weighted by atomic mass is 10.0. The van der Waals surface area contributed by atoms with Gasteiger partial charge in [-0.25, -0.2) is 4.79 Å². The minimum Gasteiger partial charge on any atom is -0.463 e. The molecule has 5 nitrogen and oxygen atoms in total.